The Bertz CT molecular complexity index is 1540. The summed E-state index contributed by atoms with van der Waals surface area (Å²) in [5, 5.41) is 6.91. The first kappa shape index (κ1) is 23.5. The van der Waals surface area contributed by atoms with E-state index in [9.17, 15) is 22.8 Å². The monoisotopic (exact) mass is 497 g/mol. The van der Waals surface area contributed by atoms with Gasteiger partial charge < -0.3 is 19.9 Å². The number of carbonyl (C=O) groups is 1. The van der Waals surface area contributed by atoms with Crippen LogP contribution in [0, 0.1) is 0 Å². The van der Waals surface area contributed by atoms with E-state index < -0.39 is 6.36 Å². The van der Waals surface area contributed by atoms with Gasteiger partial charge in [-0.15, -0.1) is 13.2 Å². The van der Waals surface area contributed by atoms with E-state index in [0.717, 1.165) is 22.4 Å². The lowest BCUT2D eigenvalue weighted by molar-refractivity contribution is -0.274. The number of aromatic amines is 1. The predicted octanol–water partition coefficient (Wildman–Crippen LogP) is 4.02. The molecule has 186 valence electrons. The van der Waals surface area contributed by atoms with Crippen molar-refractivity contribution in [3.8, 4) is 16.9 Å². The number of anilines is 2. The second-order valence-corrected chi connectivity index (χ2v) is 8.50. The van der Waals surface area contributed by atoms with Gasteiger partial charge in [0.2, 0.25) is 5.91 Å². The molecule has 2 aromatic heterocycles. The molecule has 0 radical (unpaired) electrons. The molecule has 3 heterocycles. The number of nitrogens with two attached hydrogens (primary N) is 1. The van der Waals surface area contributed by atoms with Gasteiger partial charge in [-0.25, -0.2) is 5.10 Å². The van der Waals surface area contributed by atoms with Crippen molar-refractivity contribution in [1.82, 2.24) is 14.8 Å². The number of aromatic nitrogens is 3. The highest BCUT2D eigenvalue weighted by Crippen LogP contribution is 2.37. The quantitative estimate of drug-likeness (QED) is 0.433. The summed E-state index contributed by atoms with van der Waals surface area (Å²) in [6.07, 6.45) is -2.38. The normalized spacial score (nSPS) is 13.3. The number of rotatable bonds is 5. The largest absolute Gasteiger partial charge is 0.573 e. The molecule has 0 aliphatic carbocycles. The zero-order valence-electron chi connectivity index (χ0n) is 19.2. The van der Waals surface area contributed by atoms with Gasteiger partial charge in [0, 0.05) is 30.5 Å². The van der Waals surface area contributed by atoms with Crippen molar-refractivity contribution >= 4 is 28.3 Å². The zero-order valence-corrected chi connectivity index (χ0v) is 19.2. The van der Waals surface area contributed by atoms with Gasteiger partial charge in [0.15, 0.2) is 5.82 Å². The van der Waals surface area contributed by atoms with Gasteiger partial charge >= 0.3 is 6.36 Å². The number of aryl methyl sites for hydroxylation is 1. The van der Waals surface area contributed by atoms with Crippen LogP contribution in [0.2, 0.25) is 0 Å². The minimum atomic E-state index is -4.80. The Labute approximate surface area is 203 Å². The van der Waals surface area contributed by atoms with E-state index in [1.54, 1.807) is 11.0 Å². The summed E-state index contributed by atoms with van der Waals surface area (Å²) in [6.45, 7) is 2.96. The maximum Gasteiger partial charge on any atom is 0.573 e. The van der Waals surface area contributed by atoms with Gasteiger partial charge in [0.05, 0.1) is 11.8 Å². The van der Waals surface area contributed by atoms with Gasteiger partial charge in [-0.05, 0) is 54.3 Å². The molecule has 8 nitrogen and oxygen atoms in total. The number of H-pyrrole nitrogens is 1. The van der Waals surface area contributed by atoms with Crippen LogP contribution in [0.15, 0.2) is 53.5 Å². The van der Waals surface area contributed by atoms with Crippen molar-refractivity contribution in [2.45, 2.75) is 32.7 Å². The topological polar surface area (TPSA) is 106 Å². The van der Waals surface area contributed by atoms with Crippen LogP contribution in [-0.4, -0.2) is 33.6 Å². The van der Waals surface area contributed by atoms with Crippen LogP contribution in [0.5, 0.6) is 5.75 Å². The molecule has 1 aliphatic rings. The van der Waals surface area contributed by atoms with E-state index in [0.29, 0.717) is 36.0 Å². The van der Waals surface area contributed by atoms with Crippen molar-refractivity contribution in [1.29, 1.82) is 0 Å². The lowest BCUT2D eigenvalue weighted by Crippen LogP contribution is -2.30. The molecule has 0 spiro atoms. The van der Waals surface area contributed by atoms with Crippen LogP contribution < -0.4 is 20.9 Å². The van der Waals surface area contributed by atoms with Gasteiger partial charge in [0.1, 0.15) is 11.3 Å². The molecule has 0 bridgehead atoms. The Kier molecular flexibility index (Phi) is 5.70. The molecule has 0 saturated carbocycles. The second-order valence-electron chi connectivity index (χ2n) is 8.50. The van der Waals surface area contributed by atoms with E-state index >= 15 is 0 Å². The minimum absolute atomic E-state index is 0.0643. The van der Waals surface area contributed by atoms with Crippen molar-refractivity contribution < 1.29 is 22.7 Å². The fourth-order valence-electron chi connectivity index (χ4n) is 4.70. The smallest absolute Gasteiger partial charge is 0.406 e. The summed E-state index contributed by atoms with van der Waals surface area (Å²) in [5.41, 5.74) is 9.97. The van der Waals surface area contributed by atoms with Crippen molar-refractivity contribution in [3.05, 3.63) is 70.1 Å². The molecule has 11 heteroatoms. The molecule has 1 amide bonds. The van der Waals surface area contributed by atoms with Crippen LogP contribution in [0.1, 0.15) is 18.1 Å². The average Bonchev–Trinajstić information content (AvgIpc) is 3.42. The molecule has 0 atom stereocenters. The van der Waals surface area contributed by atoms with Crippen molar-refractivity contribution in [2.24, 2.45) is 0 Å². The summed E-state index contributed by atoms with van der Waals surface area (Å²) >= 11 is 0. The number of fused-ring (bicyclic) bond motifs is 2. The number of hydrogen-bond acceptors (Lipinski definition) is 5. The van der Waals surface area contributed by atoms with E-state index in [4.69, 9.17) is 5.73 Å². The highest BCUT2D eigenvalue weighted by molar-refractivity contribution is 6.03. The second kappa shape index (κ2) is 8.74. The summed E-state index contributed by atoms with van der Waals surface area (Å²) in [5.74, 6) is -0.368. The first-order valence-electron chi connectivity index (χ1n) is 11.3. The van der Waals surface area contributed by atoms with Crippen molar-refractivity contribution in [3.63, 3.8) is 0 Å². The third-order valence-corrected chi connectivity index (χ3v) is 6.24. The van der Waals surface area contributed by atoms with E-state index in [2.05, 4.69) is 14.9 Å². The molecule has 0 unspecified atom stereocenters. The Balaban J connectivity index is 1.42. The average molecular weight is 497 g/mol. The molecule has 2 aromatic carbocycles. The van der Waals surface area contributed by atoms with Gasteiger partial charge in [-0.2, -0.15) is 5.10 Å². The first-order chi connectivity index (χ1) is 17.1. The van der Waals surface area contributed by atoms with Gasteiger partial charge in [-0.3, -0.25) is 9.59 Å². The summed E-state index contributed by atoms with van der Waals surface area (Å²) in [4.78, 5) is 27.1. The third-order valence-electron chi connectivity index (χ3n) is 6.24. The van der Waals surface area contributed by atoms with E-state index in [1.807, 2.05) is 35.9 Å². The van der Waals surface area contributed by atoms with Crippen LogP contribution in [-0.2, 0) is 24.2 Å². The molecular formula is C25H22F3N5O3. The zero-order chi connectivity index (χ0) is 25.6. The number of nitrogens with zero attached hydrogens (tertiary/aromatic N) is 3. The van der Waals surface area contributed by atoms with Crippen LogP contribution in [0.25, 0.3) is 22.0 Å². The summed E-state index contributed by atoms with van der Waals surface area (Å²) < 4.78 is 43.4. The SMILES string of the molecule is CCn1cc(-c2ccc3c(c2)CCN3C(=O)Cc2cccc(OC(F)(F)F)c2)c2c(N)n[nH]c(=O)c21. The van der Waals surface area contributed by atoms with Gasteiger partial charge in [0.25, 0.3) is 5.56 Å². The summed E-state index contributed by atoms with van der Waals surface area (Å²) in [7, 11) is 0. The number of nitrogen functional groups attached to an aromatic ring is 1. The number of amides is 1. The molecule has 4 aromatic rings. The maximum atomic E-state index is 13.0. The lowest BCUT2D eigenvalue weighted by atomic mass is 10.0. The number of alkyl halides is 3. The molecule has 0 fully saturated rings. The van der Waals surface area contributed by atoms with E-state index in [1.165, 1.54) is 18.2 Å². The molecule has 3 N–H and O–H groups in total. The number of hydrogen-bond donors (Lipinski definition) is 2. The van der Waals surface area contributed by atoms with E-state index in [-0.39, 0.29) is 29.5 Å². The fourth-order valence-corrected chi connectivity index (χ4v) is 4.70. The predicted molar refractivity (Wildman–Crippen MR) is 129 cm³/mol. The Morgan fingerprint density at radius 1 is 1.22 bits per heavy atom. The highest BCUT2D eigenvalue weighted by Gasteiger charge is 2.31. The Morgan fingerprint density at radius 3 is 2.78 bits per heavy atom. The summed E-state index contributed by atoms with van der Waals surface area (Å²) in [6, 6.07) is 11.1. The highest BCUT2D eigenvalue weighted by atomic mass is 19.4. The molecule has 0 saturated heterocycles. The molecular weight excluding hydrogens is 475 g/mol. The van der Waals surface area contributed by atoms with Crippen LogP contribution in [0.4, 0.5) is 24.7 Å². The Hall–Kier alpha value is -4.28. The Morgan fingerprint density at radius 2 is 2.03 bits per heavy atom. The molecule has 5 rings (SSSR count). The van der Waals surface area contributed by atoms with Crippen molar-refractivity contribution in [2.75, 3.05) is 17.2 Å². The number of nitrogens with one attached hydrogen (secondary N) is 1. The number of halogens is 3. The van der Waals surface area contributed by atoms with Crippen LogP contribution in [0.3, 0.4) is 0 Å². The molecule has 1 aliphatic heterocycles. The standard InChI is InChI=1S/C25H22F3N5O3/c1-2-32-13-18(21-22(32)24(35)31-30-23(21)29)15-6-7-19-16(12-15)8-9-33(19)20(34)11-14-4-3-5-17(10-14)36-25(26,27)28/h3-7,10,12-13H,2,8-9,11H2,1H3,(H2,29,30)(H,31,35). The minimum Gasteiger partial charge on any atom is -0.406 e. The fraction of sp³-hybridized carbons (Fsp3) is 0.240. The number of benzene rings is 2. The number of carbonyl (C=O) groups excluding carboxylic acids is 1. The molecule has 36 heavy (non-hydrogen) atoms. The van der Waals surface area contributed by atoms with Crippen LogP contribution >= 0.6 is 0 Å². The number of ether oxygens (including phenoxy) is 1. The van der Waals surface area contributed by atoms with Gasteiger partial charge in [-0.1, -0.05) is 18.2 Å². The first-order valence-corrected chi connectivity index (χ1v) is 11.3. The third kappa shape index (κ3) is 4.28. The maximum absolute atomic E-state index is 13.0. The lowest BCUT2D eigenvalue weighted by Gasteiger charge is -2.18.